The number of ether oxygens (including phenoxy) is 2. The van der Waals surface area contributed by atoms with Crippen LogP contribution in [0, 0.1) is 0 Å². The number of hydrogen-bond acceptors (Lipinski definition) is 4. The van der Waals surface area contributed by atoms with Gasteiger partial charge in [0.2, 0.25) is 0 Å². The molecule has 1 aliphatic rings. The van der Waals surface area contributed by atoms with E-state index in [2.05, 4.69) is 6.92 Å². The molecule has 4 heteroatoms. The van der Waals surface area contributed by atoms with Crippen LogP contribution in [0.2, 0.25) is 0 Å². The molecule has 0 saturated carbocycles. The van der Waals surface area contributed by atoms with E-state index in [1.54, 1.807) is 11.8 Å². The molecule has 0 amide bonds. The van der Waals surface area contributed by atoms with Crippen molar-refractivity contribution in [3.8, 4) is 0 Å². The van der Waals surface area contributed by atoms with Crippen LogP contribution < -0.4 is 0 Å². The first kappa shape index (κ1) is 13.8. The van der Waals surface area contributed by atoms with Gasteiger partial charge in [0.1, 0.15) is 5.25 Å². The lowest BCUT2D eigenvalue weighted by Gasteiger charge is -2.25. The van der Waals surface area contributed by atoms with Crippen LogP contribution in [0.3, 0.4) is 0 Å². The molecule has 0 radical (unpaired) electrons. The molecule has 3 nitrogen and oxygen atoms in total. The van der Waals surface area contributed by atoms with Crippen LogP contribution in [0.4, 0.5) is 0 Å². The highest BCUT2D eigenvalue weighted by Gasteiger charge is 2.25. The number of thioether (sulfide) groups is 1. The first-order valence-corrected chi connectivity index (χ1v) is 7.03. The average molecular weight is 246 g/mol. The van der Waals surface area contributed by atoms with E-state index in [1.165, 1.54) is 7.11 Å². The first-order chi connectivity index (χ1) is 7.77. The van der Waals surface area contributed by atoms with Gasteiger partial charge in [0.25, 0.3) is 0 Å². The molecule has 16 heavy (non-hydrogen) atoms. The zero-order valence-corrected chi connectivity index (χ0v) is 11.1. The van der Waals surface area contributed by atoms with Crippen molar-refractivity contribution >= 4 is 17.7 Å². The zero-order chi connectivity index (χ0) is 11.8. The molecule has 0 N–H and O–H groups in total. The van der Waals surface area contributed by atoms with E-state index < -0.39 is 0 Å². The fourth-order valence-corrected chi connectivity index (χ4v) is 3.25. The second kappa shape index (κ2) is 7.96. The summed E-state index contributed by atoms with van der Waals surface area (Å²) in [5, 5.41) is 0.586. The van der Waals surface area contributed by atoms with E-state index in [1.807, 2.05) is 0 Å². The van der Waals surface area contributed by atoms with Gasteiger partial charge in [-0.25, -0.2) is 0 Å². The zero-order valence-electron chi connectivity index (χ0n) is 10.2. The number of methoxy groups -OCH3 is 1. The maximum atomic E-state index is 11.6. The quantitative estimate of drug-likeness (QED) is 0.675. The fraction of sp³-hybridized carbons (Fsp3) is 0.917. The smallest absolute Gasteiger partial charge is 0.318 e. The Balaban J connectivity index is 2.38. The van der Waals surface area contributed by atoms with Crippen molar-refractivity contribution in [2.75, 3.05) is 20.3 Å². The highest BCUT2D eigenvalue weighted by atomic mass is 32.2. The van der Waals surface area contributed by atoms with Crippen molar-refractivity contribution in [1.29, 1.82) is 0 Å². The lowest BCUT2D eigenvalue weighted by atomic mass is 10.2. The van der Waals surface area contributed by atoms with Gasteiger partial charge in [0.05, 0.1) is 7.11 Å². The van der Waals surface area contributed by atoms with Crippen molar-refractivity contribution in [1.82, 2.24) is 0 Å². The molecule has 1 unspecified atom stereocenters. The lowest BCUT2D eigenvalue weighted by molar-refractivity contribution is -0.140. The summed E-state index contributed by atoms with van der Waals surface area (Å²) >= 11 is 1.78. The van der Waals surface area contributed by atoms with Crippen LogP contribution in [-0.2, 0) is 14.3 Å². The highest BCUT2D eigenvalue weighted by molar-refractivity contribution is 8.01. The Kier molecular flexibility index (Phi) is 6.88. The van der Waals surface area contributed by atoms with Gasteiger partial charge >= 0.3 is 5.97 Å². The molecule has 0 bridgehead atoms. The maximum absolute atomic E-state index is 11.6. The van der Waals surface area contributed by atoms with Gasteiger partial charge in [0.15, 0.2) is 0 Å². The number of unbranched alkanes of at least 4 members (excludes halogenated alkanes) is 1. The lowest BCUT2D eigenvalue weighted by Crippen LogP contribution is -2.25. The largest absolute Gasteiger partial charge is 0.468 e. The molecule has 1 atom stereocenters. The van der Waals surface area contributed by atoms with E-state index in [0.717, 1.165) is 45.3 Å². The first-order valence-electron chi connectivity index (χ1n) is 6.09. The third-order valence-corrected chi connectivity index (χ3v) is 4.42. The summed E-state index contributed by atoms with van der Waals surface area (Å²) in [5.41, 5.74) is 0. The SMILES string of the molecule is CCCCC(SC1CCOCC1)C(=O)OC. The summed E-state index contributed by atoms with van der Waals surface area (Å²) < 4.78 is 10.2. The van der Waals surface area contributed by atoms with Gasteiger partial charge in [-0.3, -0.25) is 4.79 Å². The molecular formula is C12H22O3S. The Hall–Kier alpha value is -0.220. The Bertz CT molecular complexity index is 202. The van der Waals surface area contributed by atoms with E-state index >= 15 is 0 Å². The molecule has 0 aromatic rings. The van der Waals surface area contributed by atoms with Crippen LogP contribution in [-0.4, -0.2) is 36.8 Å². The number of carbonyl (C=O) groups excluding carboxylic acids is 1. The van der Waals surface area contributed by atoms with Gasteiger partial charge in [-0.1, -0.05) is 19.8 Å². The molecule has 1 heterocycles. The Morgan fingerprint density at radius 2 is 2.19 bits per heavy atom. The van der Waals surface area contributed by atoms with E-state index in [9.17, 15) is 4.79 Å². The van der Waals surface area contributed by atoms with Gasteiger partial charge in [-0.2, -0.15) is 0 Å². The normalized spacial score (nSPS) is 19.4. The van der Waals surface area contributed by atoms with Crippen LogP contribution >= 0.6 is 11.8 Å². The van der Waals surface area contributed by atoms with Gasteiger partial charge < -0.3 is 9.47 Å². The summed E-state index contributed by atoms with van der Waals surface area (Å²) in [6.45, 7) is 3.81. The molecule has 94 valence electrons. The Morgan fingerprint density at radius 3 is 2.75 bits per heavy atom. The monoisotopic (exact) mass is 246 g/mol. The molecule has 0 spiro atoms. The van der Waals surface area contributed by atoms with E-state index in [-0.39, 0.29) is 11.2 Å². The molecule has 0 aromatic heterocycles. The predicted octanol–water partition coefficient (Wildman–Crippen LogP) is 2.63. The average Bonchev–Trinajstić information content (AvgIpc) is 2.34. The van der Waals surface area contributed by atoms with Crippen molar-refractivity contribution in [2.24, 2.45) is 0 Å². The fourth-order valence-electron chi connectivity index (χ4n) is 1.81. The van der Waals surface area contributed by atoms with Gasteiger partial charge in [-0.15, -0.1) is 11.8 Å². The van der Waals surface area contributed by atoms with E-state index in [4.69, 9.17) is 9.47 Å². The van der Waals surface area contributed by atoms with Crippen molar-refractivity contribution in [3.63, 3.8) is 0 Å². The minimum atomic E-state index is -0.0649. The third kappa shape index (κ3) is 4.74. The van der Waals surface area contributed by atoms with Crippen LogP contribution in [0.1, 0.15) is 39.0 Å². The number of hydrogen-bond donors (Lipinski definition) is 0. The summed E-state index contributed by atoms with van der Waals surface area (Å²) in [5.74, 6) is -0.0649. The standard InChI is InChI=1S/C12H22O3S/c1-3-4-5-11(12(13)14-2)16-10-6-8-15-9-7-10/h10-11H,3-9H2,1-2H3. The summed E-state index contributed by atoms with van der Waals surface area (Å²) in [6, 6.07) is 0. The van der Waals surface area contributed by atoms with Crippen molar-refractivity contribution < 1.29 is 14.3 Å². The molecule has 0 aliphatic carbocycles. The summed E-state index contributed by atoms with van der Waals surface area (Å²) in [6.07, 6.45) is 5.28. The molecule has 1 saturated heterocycles. The molecule has 1 fully saturated rings. The molecule has 0 aromatic carbocycles. The Labute approximate surface area is 102 Å². The predicted molar refractivity (Wildman–Crippen MR) is 66.8 cm³/mol. The molecular weight excluding hydrogens is 224 g/mol. The van der Waals surface area contributed by atoms with Crippen molar-refractivity contribution in [3.05, 3.63) is 0 Å². The molecule has 1 rings (SSSR count). The minimum absolute atomic E-state index is 0.0213. The highest BCUT2D eigenvalue weighted by Crippen LogP contribution is 2.29. The summed E-state index contributed by atoms with van der Waals surface area (Å²) in [7, 11) is 1.48. The second-order valence-corrected chi connectivity index (χ2v) is 5.61. The van der Waals surface area contributed by atoms with Crippen LogP contribution in [0.15, 0.2) is 0 Å². The minimum Gasteiger partial charge on any atom is -0.468 e. The second-order valence-electron chi connectivity index (χ2n) is 4.10. The van der Waals surface area contributed by atoms with Gasteiger partial charge in [-0.05, 0) is 19.3 Å². The summed E-state index contributed by atoms with van der Waals surface area (Å²) in [4.78, 5) is 11.6. The molecule has 1 aliphatic heterocycles. The van der Waals surface area contributed by atoms with Crippen LogP contribution in [0.5, 0.6) is 0 Å². The van der Waals surface area contributed by atoms with Crippen LogP contribution in [0.25, 0.3) is 0 Å². The van der Waals surface area contributed by atoms with Crippen molar-refractivity contribution in [2.45, 2.75) is 49.5 Å². The van der Waals surface area contributed by atoms with Gasteiger partial charge in [0, 0.05) is 18.5 Å². The number of rotatable bonds is 6. The third-order valence-electron chi connectivity index (χ3n) is 2.81. The maximum Gasteiger partial charge on any atom is 0.318 e. The Morgan fingerprint density at radius 1 is 1.50 bits per heavy atom. The number of esters is 1. The van der Waals surface area contributed by atoms with E-state index in [0.29, 0.717) is 5.25 Å². The topological polar surface area (TPSA) is 35.5 Å². The number of carbonyl (C=O) groups is 1.